The molecule has 0 unspecified atom stereocenters. The molecule has 0 atom stereocenters. The van der Waals surface area contributed by atoms with E-state index in [-0.39, 0.29) is 0 Å². The Kier molecular flexibility index (Phi) is 4.95. The Morgan fingerprint density at radius 3 is 1.54 bits per heavy atom. The highest BCUT2D eigenvalue weighted by Crippen LogP contribution is 1.92. The number of carboxylic acid groups (broad SMARTS) is 2. The highest BCUT2D eigenvalue weighted by molar-refractivity contribution is 6.27. The maximum Gasteiger partial charge on any atom is 0.414 e. The monoisotopic (exact) mass is 182 g/mol. The van der Waals surface area contributed by atoms with E-state index in [1.165, 1.54) is 5.56 Å². The Hall–Kier alpha value is -1.84. The van der Waals surface area contributed by atoms with E-state index in [0.717, 1.165) is 0 Å². The maximum atomic E-state index is 9.10. The molecule has 0 spiro atoms. The van der Waals surface area contributed by atoms with Gasteiger partial charge in [0.1, 0.15) is 0 Å². The summed E-state index contributed by atoms with van der Waals surface area (Å²) in [7, 11) is 0. The van der Waals surface area contributed by atoms with Crippen molar-refractivity contribution in [3.05, 3.63) is 35.9 Å². The fourth-order valence-electron chi connectivity index (χ4n) is 0.534. The van der Waals surface area contributed by atoms with Crippen LogP contribution in [0.15, 0.2) is 30.3 Å². The molecule has 4 nitrogen and oxygen atoms in total. The zero-order chi connectivity index (χ0) is 10.3. The van der Waals surface area contributed by atoms with Crippen LogP contribution in [0.25, 0.3) is 0 Å². The Labute approximate surface area is 75.4 Å². The van der Waals surface area contributed by atoms with Crippen LogP contribution in [0.1, 0.15) is 5.56 Å². The number of hydrogen-bond acceptors (Lipinski definition) is 2. The van der Waals surface area contributed by atoms with Crippen molar-refractivity contribution in [2.45, 2.75) is 6.92 Å². The normalized spacial score (nSPS) is 8.08. The van der Waals surface area contributed by atoms with Crippen molar-refractivity contribution < 1.29 is 19.8 Å². The highest BCUT2D eigenvalue weighted by atomic mass is 16.4. The van der Waals surface area contributed by atoms with Crippen molar-refractivity contribution in [2.75, 3.05) is 0 Å². The zero-order valence-electron chi connectivity index (χ0n) is 7.10. The minimum atomic E-state index is -1.82. The summed E-state index contributed by atoms with van der Waals surface area (Å²) in [5.74, 6) is -3.65. The summed E-state index contributed by atoms with van der Waals surface area (Å²) in [5.41, 5.74) is 1.32. The third-order valence-corrected chi connectivity index (χ3v) is 1.12. The van der Waals surface area contributed by atoms with Crippen LogP contribution in [0.5, 0.6) is 0 Å². The highest BCUT2D eigenvalue weighted by Gasteiger charge is 2.04. The fourth-order valence-corrected chi connectivity index (χ4v) is 0.534. The molecule has 13 heavy (non-hydrogen) atoms. The van der Waals surface area contributed by atoms with Gasteiger partial charge in [-0.05, 0) is 6.92 Å². The van der Waals surface area contributed by atoms with E-state index >= 15 is 0 Å². The van der Waals surface area contributed by atoms with Crippen molar-refractivity contribution in [1.82, 2.24) is 0 Å². The lowest BCUT2D eigenvalue weighted by atomic mass is 10.2. The lowest BCUT2D eigenvalue weighted by molar-refractivity contribution is -0.159. The minimum absolute atomic E-state index is 1.32. The van der Waals surface area contributed by atoms with E-state index in [2.05, 4.69) is 19.1 Å². The molecule has 0 aromatic heterocycles. The molecule has 0 amide bonds. The summed E-state index contributed by atoms with van der Waals surface area (Å²) in [5, 5.41) is 14.8. The third kappa shape index (κ3) is 6.55. The summed E-state index contributed by atoms with van der Waals surface area (Å²) in [4.78, 5) is 18.2. The first-order chi connectivity index (χ1) is 6.04. The van der Waals surface area contributed by atoms with Crippen LogP contribution >= 0.6 is 0 Å². The van der Waals surface area contributed by atoms with Crippen LogP contribution in [0.2, 0.25) is 0 Å². The predicted octanol–water partition coefficient (Wildman–Crippen LogP) is 1.15. The molecule has 0 saturated heterocycles. The molecular formula is C9H10O4. The SMILES string of the molecule is Cc1ccccc1.O=C(O)C(=O)O. The van der Waals surface area contributed by atoms with E-state index in [0.29, 0.717) is 0 Å². The molecule has 1 aromatic rings. The molecule has 0 bridgehead atoms. The van der Waals surface area contributed by atoms with Crippen LogP contribution in [0.4, 0.5) is 0 Å². The molecule has 0 aliphatic rings. The first-order valence-electron chi connectivity index (χ1n) is 3.52. The van der Waals surface area contributed by atoms with Crippen molar-refractivity contribution in [3.63, 3.8) is 0 Å². The van der Waals surface area contributed by atoms with Crippen LogP contribution in [0, 0.1) is 6.92 Å². The number of aliphatic carboxylic acids is 2. The topological polar surface area (TPSA) is 74.6 Å². The van der Waals surface area contributed by atoms with Gasteiger partial charge in [-0.3, -0.25) is 0 Å². The number of carbonyl (C=O) groups is 2. The molecule has 1 rings (SSSR count). The van der Waals surface area contributed by atoms with Crippen LogP contribution in [-0.4, -0.2) is 22.2 Å². The average Bonchev–Trinajstić information content (AvgIpc) is 2.06. The van der Waals surface area contributed by atoms with E-state index in [9.17, 15) is 0 Å². The summed E-state index contributed by atoms with van der Waals surface area (Å²) in [6.07, 6.45) is 0. The first kappa shape index (κ1) is 11.2. The van der Waals surface area contributed by atoms with Crippen molar-refractivity contribution in [3.8, 4) is 0 Å². The average molecular weight is 182 g/mol. The summed E-state index contributed by atoms with van der Waals surface area (Å²) in [6, 6.07) is 10.3. The van der Waals surface area contributed by atoms with Gasteiger partial charge in [-0.15, -0.1) is 0 Å². The smallest absolute Gasteiger partial charge is 0.414 e. The lowest BCUT2D eigenvalue weighted by Crippen LogP contribution is -2.09. The summed E-state index contributed by atoms with van der Waals surface area (Å²) >= 11 is 0. The Morgan fingerprint density at radius 1 is 1.00 bits per heavy atom. The molecule has 0 heterocycles. The molecule has 0 saturated carbocycles. The van der Waals surface area contributed by atoms with Gasteiger partial charge >= 0.3 is 11.9 Å². The predicted molar refractivity (Wildman–Crippen MR) is 46.5 cm³/mol. The van der Waals surface area contributed by atoms with Crippen molar-refractivity contribution in [1.29, 1.82) is 0 Å². The molecule has 0 radical (unpaired) electrons. The van der Waals surface area contributed by atoms with Gasteiger partial charge in [0.05, 0.1) is 0 Å². The Morgan fingerprint density at radius 2 is 1.38 bits per heavy atom. The molecular weight excluding hydrogens is 172 g/mol. The van der Waals surface area contributed by atoms with Crippen LogP contribution in [0.3, 0.4) is 0 Å². The van der Waals surface area contributed by atoms with Gasteiger partial charge in [0.25, 0.3) is 0 Å². The Balaban J connectivity index is 0.000000226. The van der Waals surface area contributed by atoms with Gasteiger partial charge in [0.2, 0.25) is 0 Å². The second kappa shape index (κ2) is 5.77. The van der Waals surface area contributed by atoms with Crippen LogP contribution < -0.4 is 0 Å². The number of benzene rings is 1. The standard InChI is InChI=1S/C7H8.C2H2O4/c1-7-5-3-2-4-6-7;3-1(4)2(5)6/h2-6H,1H3;(H,3,4)(H,5,6). The van der Waals surface area contributed by atoms with Gasteiger partial charge in [-0.25, -0.2) is 9.59 Å². The number of aryl methyl sites for hydroxylation is 1. The lowest BCUT2D eigenvalue weighted by Gasteiger charge is -1.82. The largest absolute Gasteiger partial charge is 0.473 e. The number of carboxylic acids is 2. The zero-order valence-corrected chi connectivity index (χ0v) is 7.10. The van der Waals surface area contributed by atoms with Gasteiger partial charge in [0, 0.05) is 0 Å². The number of hydrogen-bond donors (Lipinski definition) is 2. The van der Waals surface area contributed by atoms with Gasteiger partial charge in [-0.2, -0.15) is 0 Å². The van der Waals surface area contributed by atoms with E-state index in [1.54, 1.807) is 0 Å². The van der Waals surface area contributed by atoms with Crippen LogP contribution in [-0.2, 0) is 9.59 Å². The number of rotatable bonds is 0. The second-order valence-corrected chi connectivity index (χ2v) is 2.27. The summed E-state index contributed by atoms with van der Waals surface area (Å²) in [6.45, 7) is 2.08. The minimum Gasteiger partial charge on any atom is -0.473 e. The fraction of sp³-hybridized carbons (Fsp3) is 0.111. The van der Waals surface area contributed by atoms with Gasteiger partial charge in [0.15, 0.2) is 0 Å². The second-order valence-electron chi connectivity index (χ2n) is 2.27. The van der Waals surface area contributed by atoms with Gasteiger partial charge < -0.3 is 10.2 Å². The molecule has 0 fully saturated rings. The van der Waals surface area contributed by atoms with E-state index < -0.39 is 11.9 Å². The quantitative estimate of drug-likeness (QED) is 0.590. The third-order valence-electron chi connectivity index (χ3n) is 1.12. The molecule has 0 aliphatic carbocycles. The van der Waals surface area contributed by atoms with Gasteiger partial charge in [-0.1, -0.05) is 35.9 Å². The molecule has 1 aromatic carbocycles. The maximum absolute atomic E-state index is 9.10. The first-order valence-corrected chi connectivity index (χ1v) is 3.52. The molecule has 2 N–H and O–H groups in total. The van der Waals surface area contributed by atoms with E-state index in [4.69, 9.17) is 19.8 Å². The van der Waals surface area contributed by atoms with E-state index in [1.807, 2.05) is 18.2 Å². The summed E-state index contributed by atoms with van der Waals surface area (Å²) < 4.78 is 0. The molecule has 4 heteroatoms. The van der Waals surface area contributed by atoms with Crippen molar-refractivity contribution in [2.24, 2.45) is 0 Å². The molecule has 70 valence electrons. The molecule has 0 aliphatic heterocycles. The Bertz CT molecular complexity index is 267. The van der Waals surface area contributed by atoms with Crippen molar-refractivity contribution >= 4 is 11.9 Å².